The van der Waals surface area contributed by atoms with E-state index in [0.29, 0.717) is 12.0 Å². The monoisotopic (exact) mass is 379 g/mol. The second-order valence-electron chi connectivity index (χ2n) is 6.81. The van der Waals surface area contributed by atoms with Crippen molar-refractivity contribution in [1.29, 1.82) is 0 Å². The zero-order chi connectivity index (χ0) is 19.0. The van der Waals surface area contributed by atoms with E-state index in [0.717, 1.165) is 33.9 Å². The van der Waals surface area contributed by atoms with Crippen molar-refractivity contribution < 1.29 is 9.59 Å². The summed E-state index contributed by atoms with van der Waals surface area (Å²) in [6.45, 7) is 2.74. The van der Waals surface area contributed by atoms with Crippen LogP contribution >= 0.6 is 11.3 Å². The van der Waals surface area contributed by atoms with Gasteiger partial charge in [-0.2, -0.15) is 0 Å². The van der Waals surface area contributed by atoms with Crippen LogP contribution in [0.15, 0.2) is 48.5 Å². The van der Waals surface area contributed by atoms with Crippen LogP contribution < -0.4 is 4.90 Å². The maximum Gasteiger partial charge on any atom is 0.254 e. The maximum atomic E-state index is 12.9. The average molecular weight is 379 g/mol. The Kier molecular flexibility index (Phi) is 4.66. The van der Waals surface area contributed by atoms with Gasteiger partial charge in [0.1, 0.15) is 5.01 Å². The predicted octanol–water partition coefficient (Wildman–Crippen LogP) is 4.26. The minimum atomic E-state index is -0.116. The summed E-state index contributed by atoms with van der Waals surface area (Å²) in [4.78, 5) is 32.9. The smallest absolute Gasteiger partial charge is 0.254 e. The molecule has 2 aromatic carbocycles. The topological polar surface area (TPSA) is 53.5 Å². The van der Waals surface area contributed by atoms with E-state index in [1.54, 1.807) is 40.3 Å². The predicted molar refractivity (Wildman–Crippen MR) is 108 cm³/mol. The van der Waals surface area contributed by atoms with Gasteiger partial charge >= 0.3 is 0 Å². The third-order valence-electron chi connectivity index (χ3n) is 5.07. The molecule has 0 saturated carbocycles. The van der Waals surface area contributed by atoms with E-state index in [1.807, 2.05) is 43.3 Å². The number of thiazole rings is 1. The van der Waals surface area contributed by atoms with Crippen LogP contribution in [-0.4, -0.2) is 35.3 Å². The van der Waals surface area contributed by atoms with Crippen LogP contribution in [0.4, 0.5) is 5.69 Å². The Hall–Kier alpha value is -2.73. The van der Waals surface area contributed by atoms with Crippen LogP contribution in [-0.2, 0) is 4.79 Å². The fourth-order valence-electron chi connectivity index (χ4n) is 3.32. The molecule has 1 aliphatic heterocycles. The molecule has 0 unspecified atom stereocenters. The summed E-state index contributed by atoms with van der Waals surface area (Å²) in [6, 6.07) is 15.2. The number of rotatable bonds is 4. The quantitative estimate of drug-likeness (QED) is 0.681. The van der Waals surface area contributed by atoms with Gasteiger partial charge in [0, 0.05) is 31.3 Å². The second-order valence-corrected chi connectivity index (χ2v) is 7.87. The third kappa shape index (κ3) is 3.32. The van der Waals surface area contributed by atoms with E-state index in [2.05, 4.69) is 4.98 Å². The molecule has 1 atom stereocenters. The van der Waals surface area contributed by atoms with Crippen LogP contribution in [0.25, 0.3) is 10.2 Å². The number of amides is 2. The van der Waals surface area contributed by atoms with Crippen molar-refractivity contribution in [3.05, 3.63) is 59.1 Å². The van der Waals surface area contributed by atoms with E-state index >= 15 is 0 Å². The Balaban J connectivity index is 1.51. The highest BCUT2D eigenvalue weighted by Gasteiger charge is 2.24. The summed E-state index contributed by atoms with van der Waals surface area (Å²) in [5, 5.41) is 0.923. The number of hydrogen-bond acceptors (Lipinski definition) is 4. The van der Waals surface area contributed by atoms with Crippen LogP contribution in [0.2, 0.25) is 0 Å². The number of hydrogen-bond donors (Lipinski definition) is 0. The Morgan fingerprint density at radius 3 is 2.59 bits per heavy atom. The molecule has 2 amide bonds. The summed E-state index contributed by atoms with van der Waals surface area (Å²) in [6.07, 6.45) is 1.49. The number of carbonyl (C=O) groups is 2. The molecule has 3 aromatic rings. The van der Waals surface area contributed by atoms with Crippen LogP contribution in [0.5, 0.6) is 0 Å². The first-order valence-corrected chi connectivity index (χ1v) is 9.89. The normalized spacial score (nSPS) is 15.3. The molecule has 0 N–H and O–H groups in total. The molecule has 6 heteroatoms. The number of para-hydroxylation sites is 1. The van der Waals surface area contributed by atoms with Gasteiger partial charge in [-0.15, -0.1) is 11.3 Å². The fraction of sp³-hybridized carbons (Fsp3) is 0.286. The molecule has 0 bridgehead atoms. The van der Waals surface area contributed by atoms with Gasteiger partial charge in [0.25, 0.3) is 5.91 Å². The van der Waals surface area contributed by atoms with Crippen molar-refractivity contribution in [3.63, 3.8) is 0 Å². The minimum Gasteiger partial charge on any atom is -0.333 e. The molecular weight excluding hydrogens is 358 g/mol. The van der Waals surface area contributed by atoms with Crippen molar-refractivity contribution in [2.45, 2.75) is 25.8 Å². The Labute approximate surface area is 162 Å². The lowest BCUT2D eigenvalue weighted by atomic mass is 10.1. The van der Waals surface area contributed by atoms with Crippen molar-refractivity contribution in [1.82, 2.24) is 9.88 Å². The molecule has 4 rings (SSSR count). The van der Waals surface area contributed by atoms with Gasteiger partial charge in [-0.25, -0.2) is 4.98 Å². The molecule has 0 aliphatic carbocycles. The molecule has 0 spiro atoms. The summed E-state index contributed by atoms with van der Waals surface area (Å²) < 4.78 is 1.12. The number of aromatic nitrogens is 1. The Morgan fingerprint density at radius 1 is 1.19 bits per heavy atom. The van der Waals surface area contributed by atoms with Gasteiger partial charge in [0.05, 0.1) is 16.3 Å². The van der Waals surface area contributed by atoms with E-state index in [9.17, 15) is 9.59 Å². The average Bonchev–Trinajstić information content (AvgIpc) is 3.32. The Bertz CT molecular complexity index is 963. The number of benzene rings is 2. The number of nitrogens with zero attached hydrogens (tertiary/aromatic N) is 3. The lowest BCUT2D eigenvalue weighted by Crippen LogP contribution is -2.29. The number of anilines is 1. The number of carbonyl (C=O) groups excluding carboxylic acids is 2. The molecule has 5 nitrogen and oxygen atoms in total. The first-order chi connectivity index (χ1) is 13.0. The molecule has 1 fully saturated rings. The first kappa shape index (κ1) is 17.7. The number of fused-ring (bicyclic) bond motifs is 1. The summed E-state index contributed by atoms with van der Waals surface area (Å²) in [5.41, 5.74) is 2.43. The van der Waals surface area contributed by atoms with Gasteiger partial charge < -0.3 is 9.80 Å². The SMILES string of the molecule is C[C@@H](c1nc2ccccc2s1)N(C)C(=O)c1ccc(N2CCCC2=O)cc1. The minimum absolute atomic E-state index is 0.0546. The van der Waals surface area contributed by atoms with Crippen molar-refractivity contribution in [2.75, 3.05) is 18.5 Å². The molecule has 2 heterocycles. The fourth-order valence-corrected chi connectivity index (χ4v) is 4.38. The Morgan fingerprint density at radius 2 is 1.93 bits per heavy atom. The van der Waals surface area contributed by atoms with E-state index < -0.39 is 0 Å². The second kappa shape index (κ2) is 7.12. The highest BCUT2D eigenvalue weighted by atomic mass is 32.1. The standard InChI is InChI=1S/C21H21N3O2S/c1-14(20-22-17-6-3-4-7-18(17)27-20)23(2)21(26)15-9-11-16(12-10-15)24-13-5-8-19(24)25/h3-4,6-7,9-12,14H,5,8,13H2,1-2H3/t14-/m0/s1. The van der Waals surface area contributed by atoms with E-state index in [-0.39, 0.29) is 17.9 Å². The largest absolute Gasteiger partial charge is 0.333 e. The molecule has 1 aromatic heterocycles. The molecule has 1 aliphatic rings. The van der Waals surface area contributed by atoms with E-state index in [1.165, 1.54) is 0 Å². The van der Waals surface area contributed by atoms with Gasteiger partial charge in [-0.05, 0) is 49.7 Å². The third-order valence-corrected chi connectivity index (χ3v) is 6.28. The highest BCUT2D eigenvalue weighted by molar-refractivity contribution is 7.18. The molecule has 0 radical (unpaired) electrons. The molecule has 27 heavy (non-hydrogen) atoms. The summed E-state index contributed by atoms with van der Waals surface area (Å²) >= 11 is 1.62. The van der Waals surface area contributed by atoms with Crippen LogP contribution in [0, 0.1) is 0 Å². The lowest BCUT2D eigenvalue weighted by Gasteiger charge is -2.23. The maximum absolute atomic E-state index is 12.9. The van der Waals surface area contributed by atoms with Crippen molar-refractivity contribution in [2.24, 2.45) is 0 Å². The van der Waals surface area contributed by atoms with Gasteiger partial charge in [0.15, 0.2) is 0 Å². The summed E-state index contributed by atoms with van der Waals surface area (Å²) in [7, 11) is 1.80. The first-order valence-electron chi connectivity index (χ1n) is 9.07. The lowest BCUT2D eigenvalue weighted by molar-refractivity contribution is -0.117. The van der Waals surface area contributed by atoms with Gasteiger partial charge in [0.2, 0.25) is 5.91 Å². The van der Waals surface area contributed by atoms with Crippen molar-refractivity contribution >= 4 is 39.1 Å². The van der Waals surface area contributed by atoms with E-state index in [4.69, 9.17) is 0 Å². The van der Waals surface area contributed by atoms with Crippen LogP contribution in [0.1, 0.15) is 41.2 Å². The van der Waals surface area contributed by atoms with Gasteiger partial charge in [-0.3, -0.25) is 9.59 Å². The highest BCUT2D eigenvalue weighted by Crippen LogP contribution is 2.30. The zero-order valence-corrected chi connectivity index (χ0v) is 16.2. The molecular formula is C21H21N3O2S. The van der Waals surface area contributed by atoms with Gasteiger partial charge in [-0.1, -0.05) is 12.1 Å². The molecule has 1 saturated heterocycles. The van der Waals surface area contributed by atoms with Crippen molar-refractivity contribution in [3.8, 4) is 0 Å². The molecule has 138 valence electrons. The zero-order valence-electron chi connectivity index (χ0n) is 15.4. The summed E-state index contributed by atoms with van der Waals surface area (Å²) in [5.74, 6) is 0.0942. The van der Waals surface area contributed by atoms with Crippen LogP contribution in [0.3, 0.4) is 0 Å².